The lowest BCUT2D eigenvalue weighted by Gasteiger charge is -2.16. The monoisotopic (exact) mass is 488 g/mol. The molecule has 0 amide bonds. The van der Waals surface area contributed by atoms with Crippen LogP contribution in [0.2, 0.25) is 0 Å². The van der Waals surface area contributed by atoms with Crippen LogP contribution in [0.15, 0.2) is 127 Å². The van der Waals surface area contributed by atoms with E-state index in [-0.39, 0.29) is 0 Å². The molecule has 1 aliphatic rings. The van der Waals surface area contributed by atoms with E-state index < -0.39 is 0 Å². The van der Waals surface area contributed by atoms with Gasteiger partial charge in [0.15, 0.2) is 7.28 Å². The van der Waals surface area contributed by atoms with Gasteiger partial charge in [-0.25, -0.2) is 0 Å². The molecule has 1 aromatic heterocycles. The molecule has 0 N–H and O–H groups in total. The topological polar surface area (TPSA) is 0 Å². The fourth-order valence-corrected chi connectivity index (χ4v) is 6.73. The van der Waals surface area contributed by atoms with Crippen molar-refractivity contribution in [2.24, 2.45) is 0 Å². The van der Waals surface area contributed by atoms with Crippen LogP contribution in [0.1, 0.15) is 16.0 Å². The Morgan fingerprint density at radius 1 is 0.486 bits per heavy atom. The summed E-state index contributed by atoms with van der Waals surface area (Å²) in [6.45, 7) is 2.25. The van der Waals surface area contributed by atoms with Gasteiger partial charge >= 0.3 is 0 Å². The van der Waals surface area contributed by atoms with E-state index in [1.807, 2.05) is 11.3 Å². The molecule has 0 unspecified atom stereocenters. The Bertz CT molecular complexity index is 1800. The highest BCUT2D eigenvalue weighted by Gasteiger charge is 2.18. The normalized spacial score (nSPS) is 13.0. The SMILES string of the molecule is Cc1c2ccccc2c(-c2cccc(C3=CC=C(c4ccc(-c5ccccc5)s4)B3)c2)c2ccccc12. The molecule has 2 heterocycles. The van der Waals surface area contributed by atoms with Crippen molar-refractivity contribution in [1.29, 1.82) is 0 Å². The van der Waals surface area contributed by atoms with Crippen LogP contribution in [-0.2, 0) is 0 Å². The minimum atomic E-state index is 0.966. The fourth-order valence-electron chi connectivity index (χ4n) is 5.69. The van der Waals surface area contributed by atoms with E-state index in [4.69, 9.17) is 0 Å². The molecule has 0 atom stereocenters. The fraction of sp³-hybridized carbons (Fsp3) is 0.0286. The minimum Gasteiger partial charge on any atom is -0.136 e. The second-order valence-electron chi connectivity index (χ2n) is 9.76. The molecule has 7 rings (SSSR count). The lowest BCUT2D eigenvalue weighted by molar-refractivity contribution is 1.57. The summed E-state index contributed by atoms with van der Waals surface area (Å²) in [6, 6.07) is 42.0. The maximum Gasteiger partial charge on any atom is 0.194 e. The third-order valence-electron chi connectivity index (χ3n) is 7.57. The van der Waals surface area contributed by atoms with Crippen LogP contribution in [0.4, 0.5) is 0 Å². The smallest absolute Gasteiger partial charge is 0.136 e. The number of thiophene rings is 1. The Labute approximate surface area is 222 Å². The Morgan fingerprint density at radius 2 is 1.05 bits per heavy atom. The second kappa shape index (κ2) is 9.07. The van der Waals surface area contributed by atoms with E-state index in [0.717, 1.165) is 7.28 Å². The molecule has 0 radical (unpaired) electrons. The van der Waals surface area contributed by atoms with Crippen LogP contribution < -0.4 is 0 Å². The Kier molecular flexibility index (Phi) is 5.41. The highest BCUT2D eigenvalue weighted by molar-refractivity contribution is 7.17. The second-order valence-corrected chi connectivity index (χ2v) is 10.8. The van der Waals surface area contributed by atoms with Crippen molar-refractivity contribution >= 4 is 51.1 Å². The van der Waals surface area contributed by atoms with E-state index >= 15 is 0 Å². The Morgan fingerprint density at radius 3 is 1.78 bits per heavy atom. The van der Waals surface area contributed by atoms with E-state index in [1.165, 1.54) is 70.1 Å². The molecule has 6 aromatic rings. The zero-order valence-corrected chi connectivity index (χ0v) is 21.6. The molecule has 0 saturated carbocycles. The van der Waals surface area contributed by atoms with E-state index in [1.54, 1.807) is 0 Å². The number of rotatable bonds is 4. The molecule has 0 spiro atoms. The van der Waals surface area contributed by atoms with Crippen LogP contribution in [-0.4, -0.2) is 7.28 Å². The molecule has 0 fully saturated rings. The number of aryl methyl sites for hydroxylation is 1. The van der Waals surface area contributed by atoms with Gasteiger partial charge in [0.1, 0.15) is 0 Å². The summed E-state index contributed by atoms with van der Waals surface area (Å²) in [6.07, 6.45) is 4.61. The third kappa shape index (κ3) is 3.85. The van der Waals surface area contributed by atoms with Crippen molar-refractivity contribution in [1.82, 2.24) is 0 Å². The molecule has 0 nitrogen and oxygen atoms in total. The van der Waals surface area contributed by atoms with Gasteiger partial charge in [0, 0.05) is 9.75 Å². The highest BCUT2D eigenvalue weighted by atomic mass is 32.1. The van der Waals surface area contributed by atoms with E-state index in [2.05, 4.69) is 134 Å². The van der Waals surface area contributed by atoms with Gasteiger partial charge in [-0.05, 0) is 74.5 Å². The number of hydrogen-bond donors (Lipinski definition) is 0. The first kappa shape index (κ1) is 22.1. The first-order chi connectivity index (χ1) is 18.3. The lowest BCUT2D eigenvalue weighted by atomic mass is 9.63. The third-order valence-corrected chi connectivity index (χ3v) is 8.78. The van der Waals surface area contributed by atoms with Crippen LogP contribution in [0, 0.1) is 6.92 Å². The van der Waals surface area contributed by atoms with Crippen molar-refractivity contribution in [3.63, 3.8) is 0 Å². The largest absolute Gasteiger partial charge is 0.194 e. The zero-order chi connectivity index (χ0) is 24.8. The average molecular weight is 488 g/mol. The highest BCUT2D eigenvalue weighted by Crippen LogP contribution is 2.40. The Hall–Kier alpha value is -4.14. The number of fused-ring (bicyclic) bond motifs is 2. The van der Waals surface area contributed by atoms with Gasteiger partial charge in [-0.15, -0.1) is 11.3 Å². The summed E-state index contributed by atoms with van der Waals surface area (Å²) in [5, 5.41) is 5.30. The first-order valence-corrected chi connectivity index (χ1v) is 13.6. The molecule has 37 heavy (non-hydrogen) atoms. The predicted molar refractivity (Wildman–Crippen MR) is 164 cm³/mol. The van der Waals surface area contributed by atoms with Gasteiger partial charge in [0.05, 0.1) is 0 Å². The van der Waals surface area contributed by atoms with E-state index in [0.29, 0.717) is 0 Å². The summed E-state index contributed by atoms with van der Waals surface area (Å²) in [5.41, 5.74) is 9.33. The van der Waals surface area contributed by atoms with Crippen molar-refractivity contribution in [2.75, 3.05) is 0 Å². The van der Waals surface area contributed by atoms with Gasteiger partial charge in [-0.1, -0.05) is 120 Å². The molecule has 5 aromatic carbocycles. The molecule has 1 aliphatic heterocycles. The van der Waals surface area contributed by atoms with Crippen molar-refractivity contribution < 1.29 is 0 Å². The van der Waals surface area contributed by atoms with Crippen LogP contribution in [0.3, 0.4) is 0 Å². The molecular weight excluding hydrogens is 463 g/mol. The van der Waals surface area contributed by atoms with Crippen LogP contribution in [0.25, 0.3) is 54.1 Å². The molecule has 0 aliphatic carbocycles. The standard InChI is InChI=1S/C35H25BS/c1-23-27-14-5-7-16-29(27)35(30-17-8-6-15-28(23)30)26-13-9-12-25(22-26)31-18-19-32(36-31)34-21-20-33(37-34)24-10-3-2-4-11-24/h2-22,36H,1H3. The van der Waals surface area contributed by atoms with Crippen LogP contribution in [0.5, 0.6) is 0 Å². The minimum absolute atomic E-state index is 0.966. The number of hydrogen-bond acceptors (Lipinski definition) is 1. The summed E-state index contributed by atoms with van der Waals surface area (Å²) < 4.78 is 0. The van der Waals surface area contributed by atoms with Gasteiger partial charge in [0.25, 0.3) is 0 Å². The van der Waals surface area contributed by atoms with Crippen molar-refractivity contribution in [2.45, 2.75) is 6.92 Å². The first-order valence-electron chi connectivity index (χ1n) is 12.8. The van der Waals surface area contributed by atoms with Crippen molar-refractivity contribution in [3.8, 4) is 21.6 Å². The molecule has 0 saturated heterocycles. The van der Waals surface area contributed by atoms with Gasteiger partial charge in [0.2, 0.25) is 0 Å². The number of allylic oxidation sites excluding steroid dienone is 2. The zero-order valence-electron chi connectivity index (χ0n) is 20.7. The maximum atomic E-state index is 2.38. The maximum absolute atomic E-state index is 2.38. The molecule has 2 heteroatoms. The quantitative estimate of drug-likeness (QED) is 0.171. The summed E-state index contributed by atoms with van der Waals surface area (Å²) >= 11 is 1.88. The molecular formula is C35H25BS. The average Bonchev–Trinajstić information content (AvgIpc) is 3.65. The lowest BCUT2D eigenvalue weighted by Crippen LogP contribution is -1.95. The molecule has 174 valence electrons. The van der Waals surface area contributed by atoms with Gasteiger partial charge in [-0.3, -0.25) is 0 Å². The summed E-state index contributed by atoms with van der Waals surface area (Å²) in [7, 11) is 0.966. The number of benzene rings is 5. The van der Waals surface area contributed by atoms with Gasteiger partial charge in [-0.2, -0.15) is 0 Å². The molecule has 0 bridgehead atoms. The summed E-state index contributed by atoms with van der Waals surface area (Å²) in [5.74, 6) is 0. The van der Waals surface area contributed by atoms with E-state index in [9.17, 15) is 0 Å². The Balaban J connectivity index is 1.25. The predicted octanol–water partition coefficient (Wildman–Crippen LogP) is 9.53. The van der Waals surface area contributed by atoms with Gasteiger partial charge < -0.3 is 0 Å². The van der Waals surface area contributed by atoms with Crippen molar-refractivity contribution in [3.05, 3.63) is 143 Å². The van der Waals surface area contributed by atoms with Crippen LogP contribution >= 0.6 is 11.3 Å². The summed E-state index contributed by atoms with van der Waals surface area (Å²) in [4.78, 5) is 2.68.